The molecule has 0 bridgehead atoms. The van der Waals surface area contributed by atoms with Gasteiger partial charge in [0.1, 0.15) is 17.1 Å². The number of aromatic nitrogens is 5. The Balaban J connectivity index is 1.31. The molecule has 8 nitrogen and oxygen atoms in total. The number of nitrogens with one attached hydrogen (secondary N) is 1. The molecule has 0 spiro atoms. The lowest BCUT2D eigenvalue weighted by Gasteiger charge is -2.11. The summed E-state index contributed by atoms with van der Waals surface area (Å²) in [6.07, 6.45) is 11.6. The molecule has 172 valence electrons. The van der Waals surface area contributed by atoms with E-state index in [0.717, 1.165) is 66.3 Å². The third-order valence-corrected chi connectivity index (χ3v) is 6.30. The van der Waals surface area contributed by atoms with Crippen molar-refractivity contribution >= 4 is 17.1 Å². The second-order valence-corrected chi connectivity index (χ2v) is 8.74. The van der Waals surface area contributed by atoms with Gasteiger partial charge < -0.3 is 10.1 Å². The predicted molar refractivity (Wildman–Crippen MR) is 126 cm³/mol. The molecule has 8 heteroatoms. The number of hydrogen-bond donors (Lipinski definition) is 1. The first-order chi connectivity index (χ1) is 16.2. The molecule has 1 aliphatic rings. The van der Waals surface area contributed by atoms with Crippen molar-refractivity contribution in [1.82, 2.24) is 29.5 Å². The number of benzene rings is 1. The molecule has 0 radical (unpaired) electrons. The smallest absolute Gasteiger partial charge is 0.220 e. The van der Waals surface area contributed by atoms with Crippen LogP contribution in [0.4, 0.5) is 0 Å². The van der Waals surface area contributed by atoms with Gasteiger partial charge in [0.2, 0.25) is 5.91 Å². The summed E-state index contributed by atoms with van der Waals surface area (Å²) in [5.41, 5.74) is 3.50. The number of nitrogens with zero attached hydrogens (tertiary/aromatic N) is 5. The second kappa shape index (κ2) is 9.60. The van der Waals surface area contributed by atoms with E-state index < -0.39 is 0 Å². The molecular formula is C25H30N6O2. The highest BCUT2D eigenvalue weighted by atomic mass is 16.5. The van der Waals surface area contributed by atoms with E-state index in [2.05, 4.69) is 22.4 Å². The molecule has 1 N–H and O–H groups in total. The van der Waals surface area contributed by atoms with Gasteiger partial charge in [-0.05, 0) is 49.6 Å². The molecule has 33 heavy (non-hydrogen) atoms. The lowest BCUT2D eigenvalue weighted by molar-refractivity contribution is -0.121. The Morgan fingerprint density at radius 3 is 2.76 bits per heavy atom. The number of aryl methyl sites for hydroxylation is 1. The normalized spacial score (nSPS) is 14.3. The summed E-state index contributed by atoms with van der Waals surface area (Å²) in [5.74, 6) is 1.75. The zero-order valence-corrected chi connectivity index (χ0v) is 19.0. The molecule has 5 rings (SSSR count). The van der Waals surface area contributed by atoms with Crippen LogP contribution in [0.5, 0.6) is 5.75 Å². The Bertz CT molecular complexity index is 1240. The Morgan fingerprint density at radius 2 is 1.97 bits per heavy atom. The minimum Gasteiger partial charge on any atom is -0.494 e. The Hall–Kier alpha value is -3.42. The van der Waals surface area contributed by atoms with Crippen molar-refractivity contribution < 1.29 is 9.53 Å². The van der Waals surface area contributed by atoms with Crippen LogP contribution >= 0.6 is 0 Å². The summed E-state index contributed by atoms with van der Waals surface area (Å²) in [5, 5.41) is 16.6. The van der Waals surface area contributed by atoms with E-state index in [4.69, 9.17) is 9.84 Å². The van der Waals surface area contributed by atoms with Crippen LogP contribution in [0.25, 0.3) is 22.4 Å². The number of carbonyl (C=O) groups is 1. The lowest BCUT2D eigenvalue weighted by Crippen LogP contribution is -2.32. The average molecular weight is 447 g/mol. The van der Waals surface area contributed by atoms with E-state index in [1.54, 1.807) is 0 Å². The lowest BCUT2D eigenvalue weighted by atomic mass is 10.1. The molecule has 4 aromatic rings. The first-order valence-corrected chi connectivity index (χ1v) is 12.0. The van der Waals surface area contributed by atoms with Gasteiger partial charge in [-0.3, -0.25) is 9.20 Å². The van der Waals surface area contributed by atoms with Crippen LogP contribution < -0.4 is 10.1 Å². The van der Waals surface area contributed by atoms with Crippen LogP contribution in [0, 0.1) is 0 Å². The van der Waals surface area contributed by atoms with Gasteiger partial charge in [0, 0.05) is 36.8 Å². The number of rotatable bonds is 9. The van der Waals surface area contributed by atoms with Gasteiger partial charge in [-0.25, -0.2) is 4.52 Å². The molecule has 3 aromatic heterocycles. The zero-order chi connectivity index (χ0) is 22.6. The molecule has 0 saturated heterocycles. The van der Waals surface area contributed by atoms with Crippen molar-refractivity contribution in [3.8, 4) is 17.0 Å². The summed E-state index contributed by atoms with van der Waals surface area (Å²) in [4.78, 5) is 12.3. The molecule has 1 amide bonds. The molecule has 1 aromatic carbocycles. The van der Waals surface area contributed by atoms with E-state index in [0.29, 0.717) is 18.9 Å². The maximum Gasteiger partial charge on any atom is 0.220 e. The van der Waals surface area contributed by atoms with E-state index in [-0.39, 0.29) is 5.91 Å². The van der Waals surface area contributed by atoms with E-state index in [1.165, 1.54) is 12.8 Å². The highest BCUT2D eigenvalue weighted by Gasteiger charge is 2.18. The van der Waals surface area contributed by atoms with Crippen LogP contribution in [0.3, 0.4) is 0 Å². The van der Waals surface area contributed by atoms with Crippen LogP contribution in [0.1, 0.15) is 57.7 Å². The topological polar surface area (TPSA) is 85.8 Å². The summed E-state index contributed by atoms with van der Waals surface area (Å²) >= 11 is 0. The van der Waals surface area contributed by atoms with E-state index in [1.807, 2.05) is 51.6 Å². The molecule has 0 atom stereocenters. The zero-order valence-electron chi connectivity index (χ0n) is 19.0. The highest BCUT2D eigenvalue weighted by molar-refractivity contribution is 5.78. The molecule has 1 saturated carbocycles. The first kappa shape index (κ1) is 21.4. The Kier molecular flexibility index (Phi) is 6.24. The number of ether oxygens (including phenoxy) is 1. The molecule has 1 fully saturated rings. The number of unbranched alkanes of at least 4 members (excludes halogenated alkanes) is 1. The summed E-state index contributed by atoms with van der Waals surface area (Å²) in [7, 11) is 0. The van der Waals surface area contributed by atoms with Gasteiger partial charge in [0.25, 0.3) is 0 Å². The van der Waals surface area contributed by atoms with E-state index in [9.17, 15) is 4.79 Å². The Labute approximate surface area is 193 Å². The fraction of sp³-hybridized carbons (Fsp3) is 0.440. The monoisotopic (exact) mass is 446 g/mol. The van der Waals surface area contributed by atoms with Gasteiger partial charge in [-0.1, -0.05) is 26.2 Å². The van der Waals surface area contributed by atoms with E-state index >= 15 is 0 Å². The van der Waals surface area contributed by atoms with Crippen molar-refractivity contribution in [1.29, 1.82) is 0 Å². The van der Waals surface area contributed by atoms with Gasteiger partial charge >= 0.3 is 0 Å². The minimum absolute atomic E-state index is 0.0912. The second-order valence-electron chi connectivity index (χ2n) is 8.74. The highest BCUT2D eigenvalue weighted by Crippen LogP contribution is 2.24. The minimum atomic E-state index is 0.0912. The SMILES string of the molecule is CCCCOc1ccc(-c2cc3c4nnc(CCC(=O)NC5CCCC5)n4ccn3n2)cc1. The van der Waals surface area contributed by atoms with Crippen molar-refractivity contribution in [3.63, 3.8) is 0 Å². The third kappa shape index (κ3) is 4.69. The third-order valence-electron chi connectivity index (χ3n) is 6.30. The van der Waals surface area contributed by atoms with Gasteiger partial charge in [0.15, 0.2) is 5.65 Å². The number of carbonyl (C=O) groups excluding carboxylic acids is 1. The summed E-state index contributed by atoms with van der Waals surface area (Å²) in [6.45, 7) is 2.89. The summed E-state index contributed by atoms with van der Waals surface area (Å²) < 4.78 is 9.53. The maximum atomic E-state index is 12.3. The average Bonchev–Trinajstić information content (AvgIpc) is 3.57. The van der Waals surface area contributed by atoms with Gasteiger partial charge in [-0.15, -0.1) is 10.2 Å². The van der Waals surface area contributed by atoms with Gasteiger partial charge in [-0.2, -0.15) is 5.10 Å². The van der Waals surface area contributed by atoms with Crippen molar-refractivity contribution in [3.05, 3.63) is 48.5 Å². The molecule has 3 heterocycles. The maximum absolute atomic E-state index is 12.3. The summed E-state index contributed by atoms with van der Waals surface area (Å²) in [6, 6.07) is 10.4. The number of amides is 1. The van der Waals surface area contributed by atoms with Crippen LogP contribution in [0.2, 0.25) is 0 Å². The van der Waals surface area contributed by atoms with Crippen LogP contribution in [0.15, 0.2) is 42.7 Å². The molecule has 0 unspecified atom stereocenters. The molecule has 0 aliphatic heterocycles. The largest absolute Gasteiger partial charge is 0.494 e. The standard InChI is InChI=1S/C25H30N6O2/c1-2-3-16-33-20-10-8-18(9-11-20)21-17-22-25-28-27-23(30(25)14-15-31(22)29-21)12-13-24(32)26-19-6-4-5-7-19/h8-11,14-15,17,19H,2-7,12-13,16H2,1H3,(H,26,32). The van der Waals surface area contributed by atoms with Crippen LogP contribution in [-0.2, 0) is 11.2 Å². The fourth-order valence-corrected chi connectivity index (χ4v) is 4.42. The fourth-order valence-electron chi connectivity index (χ4n) is 4.42. The Morgan fingerprint density at radius 1 is 1.15 bits per heavy atom. The number of hydrogen-bond acceptors (Lipinski definition) is 5. The first-order valence-electron chi connectivity index (χ1n) is 12.0. The van der Waals surface area contributed by atoms with Crippen molar-refractivity contribution in [2.24, 2.45) is 0 Å². The molecular weight excluding hydrogens is 416 g/mol. The number of fused-ring (bicyclic) bond motifs is 3. The predicted octanol–water partition coefficient (Wildman–Crippen LogP) is 4.21. The van der Waals surface area contributed by atoms with Gasteiger partial charge in [0.05, 0.1) is 12.3 Å². The van der Waals surface area contributed by atoms with Crippen molar-refractivity contribution in [2.75, 3.05) is 6.61 Å². The van der Waals surface area contributed by atoms with Crippen LogP contribution in [-0.4, -0.2) is 42.8 Å². The van der Waals surface area contributed by atoms with Crippen molar-refractivity contribution in [2.45, 2.75) is 64.3 Å². The quantitative estimate of drug-likeness (QED) is 0.389. The molecule has 1 aliphatic carbocycles.